The summed E-state index contributed by atoms with van der Waals surface area (Å²) in [5.74, 6) is -6.41. The van der Waals surface area contributed by atoms with Gasteiger partial charge in [-0.2, -0.15) is 33.7 Å². The van der Waals surface area contributed by atoms with Crippen LogP contribution in [0.4, 0.5) is 0 Å². The first-order valence-corrected chi connectivity index (χ1v) is 25.2. The minimum Gasteiger partial charge on any atom is -0.479 e. The maximum absolute atomic E-state index is 12.9. The highest BCUT2D eigenvalue weighted by molar-refractivity contribution is 7.81. The summed E-state index contributed by atoms with van der Waals surface area (Å²) < 4.78 is 195. The van der Waals surface area contributed by atoms with Gasteiger partial charge in [-0.15, -0.1) is 6.58 Å². The molecule has 4 aliphatic rings. The second-order valence-corrected chi connectivity index (χ2v) is 19.6. The Labute approximate surface area is 405 Å². The largest absolute Gasteiger partial charge is 0.479 e. The van der Waals surface area contributed by atoms with Crippen LogP contribution >= 0.6 is 0 Å². The Hall–Kier alpha value is -3.42. The molecule has 0 aliphatic carbocycles. The minimum atomic E-state index is -5.84. The summed E-state index contributed by atoms with van der Waals surface area (Å²) >= 11 is 0. The zero-order valence-corrected chi connectivity index (χ0v) is 39.6. The zero-order chi connectivity index (χ0) is 54.6. The van der Waals surface area contributed by atoms with Gasteiger partial charge in [0.1, 0.15) is 85.3 Å². The monoisotopic (exact) mass is 1140 g/mol. The third-order valence-corrected chi connectivity index (χ3v) is 11.9. The van der Waals surface area contributed by atoms with Gasteiger partial charge in [0.05, 0.1) is 19.8 Å². The van der Waals surface area contributed by atoms with Gasteiger partial charge in [0.15, 0.2) is 37.4 Å². The number of rotatable bonds is 23. The molecule has 0 aromatic heterocycles. The first kappa shape index (κ1) is 61.1. The number of hydrogen-bond donors (Lipinski definition) is 13. The van der Waals surface area contributed by atoms with Crippen LogP contribution in [-0.2, 0) is 115 Å². The van der Waals surface area contributed by atoms with Crippen LogP contribution < -0.4 is 10.6 Å². The molecule has 4 rings (SSSR count). The predicted octanol–water partition coefficient (Wildman–Crippen LogP) is -8.76. The molecule has 72 heavy (non-hydrogen) atoms. The number of ether oxygens (including phenoxy) is 8. The molecular weight excluding hydrogens is 1090 g/mol. The Bertz CT molecular complexity index is 2390. The quantitative estimate of drug-likeness (QED) is 0.0334. The van der Waals surface area contributed by atoms with E-state index in [1.165, 1.54) is 0 Å². The van der Waals surface area contributed by atoms with Gasteiger partial charge in [0.2, 0.25) is 11.8 Å². The lowest BCUT2D eigenvalue weighted by atomic mass is 9.94. The van der Waals surface area contributed by atoms with Crippen LogP contribution in [0.5, 0.6) is 0 Å². The average Bonchev–Trinajstić information content (AvgIpc) is 3.22. The molecule has 41 heteroatoms. The second kappa shape index (κ2) is 24.5. The maximum atomic E-state index is 12.9. The first-order valence-electron chi connectivity index (χ1n) is 19.8. The van der Waals surface area contributed by atoms with E-state index in [1.54, 1.807) is 0 Å². The van der Waals surface area contributed by atoms with Crippen molar-refractivity contribution in [2.24, 2.45) is 0 Å². The average molecular weight is 1140 g/mol. The summed E-state index contributed by atoms with van der Waals surface area (Å²) in [4.78, 5) is 49.9. The molecule has 0 saturated carbocycles. The molecule has 0 aromatic carbocycles. The summed E-state index contributed by atoms with van der Waals surface area (Å²) in [7, 11) is -22.5. The van der Waals surface area contributed by atoms with Gasteiger partial charge in [-0.3, -0.25) is 27.8 Å². The molecule has 0 aromatic rings. The van der Waals surface area contributed by atoms with E-state index in [4.69, 9.17) is 37.9 Å². The smallest absolute Gasteiger partial charge is 0.397 e. The fourth-order valence-corrected chi connectivity index (χ4v) is 8.99. The van der Waals surface area contributed by atoms with Gasteiger partial charge in [-0.1, -0.05) is 6.08 Å². The summed E-state index contributed by atoms with van der Waals surface area (Å²) in [5.41, 5.74) is 0. The van der Waals surface area contributed by atoms with Crippen molar-refractivity contribution in [3.05, 3.63) is 12.7 Å². The van der Waals surface area contributed by atoms with Gasteiger partial charge in [-0.25, -0.2) is 26.3 Å². The number of carboxylic acids is 2. The minimum absolute atomic E-state index is 0.479. The first-order chi connectivity index (χ1) is 33.0. The van der Waals surface area contributed by atoms with Gasteiger partial charge in [0.25, 0.3) is 0 Å². The molecule has 9 unspecified atom stereocenters. The second-order valence-electron chi connectivity index (χ2n) is 15.3. The Balaban J connectivity index is 1.83. The Kier molecular flexibility index (Phi) is 20.8. The number of nitrogens with one attached hydrogen (secondary N) is 2. The summed E-state index contributed by atoms with van der Waals surface area (Å²) in [6.45, 7) is 1.47. The van der Waals surface area contributed by atoms with Crippen molar-refractivity contribution >= 4 is 65.3 Å². The molecular formula is C31H48N2O35S4. The van der Waals surface area contributed by atoms with E-state index in [2.05, 4.69) is 28.6 Å². The standard InChI is InChI=1S/C31H48N2O35S4/c1-4-5-57-28-12(32-8(2)34)21(19(67-71(51,52)53)10(60-28)6-58-69(45,46)47)62-31-18(40)16(38)23(25(66-31)27(43)44)64-29-13(33-9(3)35)22(63-30-17(39)14(36)15(37)24(65-30)26(41)42)20(68-72(54,55)56)11(61-29)7-59-70(48,49)50/h4,10-25,28-31,36-40H,1,5-7H2,2-3H3,(H,32,34)(H,33,35)(H,41,42)(H,43,44)(H,45,46,47)(H,48,49,50)(H,51,52,53)(H,54,55,56)/t10?,11?,12?,13?,14-,15?,16-,17?,18?,19+,20+,21-,22-,23+,24?,25?,28-,29+,30-,31-/m1/s1. The van der Waals surface area contributed by atoms with Crippen LogP contribution in [0.15, 0.2) is 12.7 Å². The number of hydrogen-bond acceptors (Lipinski definition) is 29. The van der Waals surface area contributed by atoms with Crippen molar-refractivity contribution in [1.82, 2.24) is 10.6 Å². The molecule has 416 valence electrons. The summed E-state index contributed by atoms with van der Waals surface area (Å²) in [6.07, 6.45) is -44.1. The lowest BCUT2D eigenvalue weighted by Gasteiger charge is -2.50. The lowest BCUT2D eigenvalue weighted by Crippen LogP contribution is -2.71. The number of carboxylic acid groups (broad SMARTS) is 2. The van der Waals surface area contributed by atoms with Crippen LogP contribution in [0.1, 0.15) is 13.8 Å². The highest BCUT2D eigenvalue weighted by Gasteiger charge is 2.59. The Morgan fingerprint density at radius 3 is 1.29 bits per heavy atom. The van der Waals surface area contributed by atoms with Gasteiger partial charge in [-0.05, 0) is 0 Å². The maximum Gasteiger partial charge on any atom is 0.397 e. The van der Waals surface area contributed by atoms with E-state index >= 15 is 0 Å². The van der Waals surface area contributed by atoms with E-state index in [1.807, 2.05) is 5.32 Å². The molecule has 4 fully saturated rings. The van der Waals surface area contributed by atoms with E-state index in [0.717, 1.165) is 19.9 Å². The number of carbonyl (C=O) groups is 4. The topological polar surface area (TPSA) is 562 Å². The SMILES string of the molecule is C=CCO[C@@H]1OC(COS(=O)(=O)O)[C@H](OS(=O)(=O)O)[C@H](O[C@@H]2OC(C(=O)O)[C@@H](O[C@@H]3OC(COS(=O)(=O)O)[C@H](OS(=O)(=O)O)[C@H](O[C@@H]4OC(C(=O)O)C(O)[C@@H](O)C4O)C3NC(C)=O)[C@H](O)C2O)C1NC(C)=O. The number of aliphatic carboxylic acids is 2. The molecule has 20 atom stereocenters. The van der Waals surface area contributed by atoms with E-state index < -0.39 is 208 Å². The van der Waals surface area contributed by atoms with E-state index in [-0.39, 0.29) is 0 Å². The van der Waals surface area contributed by atoms with Crippen LogP contribution in [0.3, 0.4) is 0 Å². The van der Waals surface area contributed by atoms with Crippen molar-refractivity contribution in [1.29, 1.82) is 0 Å². The van der Waals surface area contributed by atoms with Gasteiger partial charge < -0.3 is 84.3 Å². The fraction of sp³-hybridized carbons (Fsp3) is 0.806. The van der Waals surface area contributed by atoms with Crippen LogP contribution in [0.25, 0.3) is 0 Å². The van der Waals surface area contributed by atoms with Gasteiger partial charge >= 0.3 is 53.5 Å². The molecule has 4 heterocycles. The Morgan fingerprint density at radius 1 is 0.514 bits per heavy atom. The number of carbonyl (C=O) groups excluding carboxylic acids is 2. The van der Waals surface area contributed by atoms with Crippen LogP contribution in [0, 0.1) is 0 Å². The van der Waals surface area contributed by atoms with Crippen molar-refractivity contribution in [3.63, 3.8) is 0 Å². The van der Waals surface area contributed by atoms with Crippen molar-refractivity contribution in [3.8, 4) is 0 Å². The molecule has 37 nitrogen and oxygen atoms in total. The summed E-state index contributed by atoms with van der Waals surface area (Å²) in [5, 5.41) is 78.7. The van der Waals surface area contributed by atoms with Gasteiger partial charge in [0, 0.05) is 13.8 Å². The van der Waals surface area contributed by atoms with E-state index in [0.29, 0.717) is 0 Å². The third-order valence-electron chi connectivity index (χ3n) is 10.1. The van der Waals surface area contributed by atoms with E-state index in [9.17, 15) is 107 Å². The highest BCUT2D eigenvalue weighted by atomic mass is 32.3. The number of aliphatic hydroxyl groups excluding tert-OH is 5. The summed E-state index contributed by atoms with van der Waals surface area (Å²) in [6, 6.07) is -4.30. The zero-order valence-electron chi connectivity index (χ0n) is 36.3. The molecule has 4 saturated heterocycles. The predicted molar refractivity (Wildman–Crippen MR) is 214 cm³/mol. The van der Waals surface area contributed by atoms with Crippen molar-refractivity contribution in [2.45, 2.75) is 137 Å². The van der Waals surface area contributed by atoms with Crippen molar-refractivity contribution in [2.75, 3.05) is 19.8 Å². The molecule has 2 amide bonds. The molecule has 0 spiro atoms. The number of aliphatic hydroxyl groups is 5. The van der Waals surface area contributed by atoms with Crippen LogP contribution in [0.2, 0.25) is 0 Å². The highest BCUT2D eigenvalue weighted by Crippen LogP contribution is 2.37. The third kappa shape index (κ3) is 16.8. The molecule has 13 N–H and O–H groups in total. The normalized spacial score (nSPS) is 38.0. The Morgan fingerprint density at radius 2 is 0.903 bits per heavy atom. The fourth-order valence-electron chi connectivity index (χ4n) is 7.34. The molecule has 0 bridgehead atoms. The van der Waals surface area contributed by atoms with Crippen LogP contribution in [-0.4, -0.2) is 254 Å². The molecule has 4 aliphatic heterocycles. The number of amides is 2. The molecule has 0 radical (unpaired) electrons. The van der Waals surface area contributed by atoms with Crippen molar-refractivity contribution < 1.29 is 161 Å². The lowest BCUT2D eigenvalue weighted by molar-refractivity contribution is -0.367.